The van der Waals surface area contributed by atoms with Gasteiger partial charge in [-0.05, 0) is 37.7 Å². The van der Waals surface area contributed by atoms with Crippen LogP contribution in [0.1, 0.15) is 22.9 Å². The monoisotopic (exact) mass is 286 g/mol. The molecule has 1 N–H and O–H groups in total. The predicted octanol–water partition coefficient (Wildman–Crippen LogP) is 2.91. The average Bonchev–Trinajstić information content (AvgIpc) is 2.53. The SMILES string of the molecule is CNC(Cc1ncccc1C)c1c(OC)cccc1OC. The van der Waals surface area contributed by atoms with Gasteiger partial charge in [-0.15, -0.1) is 0 Å². The van der Waals surface area contributed by atoms with Crippen LogP contribution in [-0.2, 0) is 6.42 Å². The number of rotatable bonds is 6. The zero-order valence-corrected chi connectivity index (χ0v) is 13.0. The molecule has 0 aliphatic carbocycles. The first-order chi connectivity index (χ1) is 10.2. The van der Waals surface area contributed by atoms with Gasteiger partial charge in [-0.2, -0.15) is 0 Å². The molecule has 0 bridgehead atoms. The second-order valence-corrected chi connectivity index (χ2v) is 4.89. The summed E-state index contributed by atoms with van der Waals surface area (Å²) in [5.74, 6) is 1.64. The van der Waals surface area contributed by atoms with Gasteiger partial charge in [-0.3, -0.25) is 4.98 Å². The Labute approximate surface area is 126 Å². The van der Waals surface area contributed by atoms with E-state index in [0.29, 0.717) is 0 Å². The molecule has 1 heterocycles. The quantitative estimate of drug-likeness (QED) is 0.886. The molecule has 4 nitrogen and oxygen atoms in total. The standard InChI is InChI=1S/C17H22N2O2/c1-12-7-6-10-19-13(12)11-14(18-2)17-15(20-3)8-5-9-16(17)21-4/h5-10,14,18H,11H2,1-4H3. The zero-order valence-electron chi connectivity index (χ0n) is 13.0. The Balaban J connectivity index is 2.40. The maximum absolute atomic E-state index is 5.50. The second kappa shape index (κ2) is 7.09. The van der Waals surface area contributed by atoms with Gasteiger partial charge in [0.25, 0.3) is 0 Å². The summed E-state index contributed by atoms with van der Waals surface area (Å²) < 4.78 is 11.0. The number of methoxy groups -OCH3 is 2. The number of hydrogen-bond donors (Lipinski definition) is 1. The summed E-state index contributed by atoms with van der Waals surface area (Å²) in [6.45, 7) is 2.08. The smallest absolute Gasteiger partial charge is 0.127 e. The molecule has 4 heteroatoms. The van der Waals surface area contributed by atoms with Gasteiger partial charge in [0, 0.05) is 24.4 Å². The Morgan fingerprint density at radius 3 is 2.29 bits per heavy atom. The highest BCUT2D eigenvalue weighted by Crippen LogP contribution is 2.35. The molecule has 21 heavy (non-hydrogen) atoms. The van der Waals surface area contributed by atoms with Gasteiger partial charge < -0.3 is 14.8 Å². The molecule has 2 rings (SSSR count). The van der Waals surface area contributed by atoms with E-state index in [1.807, 2.05) is 37.5 Å². The summed E-state index contributed by atoms with van der Waals surface area (Å²) in [7, 11) is 5.29. The van der Waals surface area contributed by atoms with E-state index in [2.05, 4.69) is 23.3 Å². The zero-order chi connectivity index (χ0) is 15.2. The highest BCUT2D eigenvalue weighted by molar-refractivity contribution is 5.47. The fourth-order valence-corrected chi connectivity index (χ4v) is 2.50. The minimum absolute atomic E-state index is 0.0738. The van der Waals surface area contributed by atoms with Crippen molar-refractivity contribution in [2.75, 3.05) is 21.3 Å². The number of nitrogens with one attached hydrogen (secondary N) is 1. The van der Waals surface area contributed by atoms with E-state index in [1.54, 1.807) is 14.2 Å². The summed E-state index contributed by atoms with van der Waals surface area (Å²) in [5, 5.41) is 3.34. The van der Waals surface area contributed by atoms with Crippen molar-refractivity contribution < 1.29 is 9.47 Å². The lowest BCUT2D eigenvalue weighted by atomic mass is 9.98. The Bertz CT molecular complexity index is 577. The highest BCUT2D eigenvalue weighted by atomic mass is 16.5. The average molecular weight is 286 g/mol. The lowest BCUT2D eigenvalue weighted by Crippen LogP contribution is -2.21. The van der Waals surface area contributed by atoms with Crippen LogP contribution in [0, 0.1) is 6.92 Å². The third kappa shape index (κ3) is 3.34. The van der Waals surface area contributed by atoms with Crippen molar-refractivity contribution in [3.8, 4) is 11.5 Å². The van der Waals surface area contributed by atoms with E-state index in [1.165, 1.54) is 5.56 Å². The summed E-state index contributed by atoms with van der Waals surface area (Å²) in [4.78, 5) is 4.48. The van der Waals surface area contributed by atoms with Crippen LogP contribution in [0.3, 0.4) is 0 Å². The van der Waals surface area contributed by atoms with Crippen LogP contribution < -0.4 is 14.8 Å². The Morgan fingerprint density at radius 2 is 1.76 bits per heavy atom. The van der Waals surface area contributed by atoms with E-state index in [9.17, 15) is 0 Å². The third-order valence-electron chi connectivity index (χ3n) is 3.68. The maximum Gasteiger partial charge on any atom is 0.127 e. The Hall–Kier alpha value is -2.07. The van der Waals surface area contributed by atoms with Gasteiger partial charge in [0.1, 0.15) is 11.5 Å². The van der Waals surface area contributed by atoms with Crippen LogP contribution in [0.5, 0.6) is 11.5 Å². The van der Waals surface area contributed by atoms with Crippen LogP contribution in [0.15, 0.2) is 36.5 Å². The normalized spacial score (nSPS) is 12.0. The molecule has 2 aromatic rings. The molecule has 1 unspecified atom stereocenters. The van der Waals surface area contributed by atoms with Crippen molar-refractivity contribution in [3.63, 3.8) is 0 Å². The highest BCUT2D eigenvalue weighted by Gasteiger charge is 2.21. The van der Waals surface area contributed by atoms with Crippen molar-refractivity contribution in [3.05, 3.63) is 53.3 Å². The van der Waals surface area contributed by atoms with Crippen molar-refractivity contribution in [1.29, 1.82) is 0 Å². The molecule has 1 atom stereocenters. The van der Waals surface area contributed by atoms with E-state index < -0.39 is 0 Å². The number of hydrogen-bond acceptors (Lipinski definition) is 4. The van der Waals surface area contributed by atoms with Crippen molar-refractivity contribution >= 4 is 0 Å². The van der Waals surface area contributed by atoms with Gasteiger partial charge in [0.2, 0.25) is 0 Å². The molecule has 0 saturated heterocycles. The lowest BCUT2D eigenvalue weighted by molar-refractivity contribution is 0.372. The number of likely N-dealkylation sites (N-methyl/N-ethyl adjacent to an activating group) is 1. The van der Waals surface area contributed by atoms with Gasteiger partial charge in [-0.25, -0.2) is 0 Å². The van der Waals surface area contributed by atoms with Crippen LogP contribution in [0.25, 0.3) is 0 Å². The summed E-state index contributed by atoms with van der Waals surface area (Å²) in [6.07, 6.45) is 2.61. The van der Waals surface area contributed by atoms with Gasteiger partial charge >= 0.3 is 0 Å². The van der Waals surface area contributed by atoms with Crippen molar-refractivity contribution in [2.24, 2.45) is 0 Å². The second-order valence-electron chi connectivity index (χ2n) is 4.89. The lowest BCUT2D eigenvalue weighted by Gasteiger charge is -2.22. The predicted molar refractivity (Wildman–Crippen MR) is 84.0 cm³/mol. The first kappa shape index (κ1) is 15.3. The number of benzene rings is 1. The molecule has 0 saturated carbocycles. The van der Waals surface area contributed by atoms with E-state index >= 15 is 0 Å². The summed E-state index contributed by atoms with van der Waals surface area (Å²) in [6, 6.07) is 9.94. The fraction of sp³-hybridized carbons (Fsp3) is 0.353. The van der Waals surface area contributed by atoms with Crippen LogP contribution in [0.4, 0.5) is 0 Å². The molecule has 1 aromatic heterocycles. The minimum atomic E-state index is 0.0738. The largest absolute Gasteiger partial charge is 0.496 e. The van der Waals surface area contributed by atoms with Crippen LogP contribution in [-0.4, -0.2) is 26.3 Å². The maximum atomic E-state index is 5.50. The third-order valence-corrected chi connectivity index (χ3v) is 3.68. The molecule has 112 valence electrons. The minimum Gasteiger partial charge on any atom is -0.496 e. The fourth-order valence-electron chi connectivity index (χ4n) is 2.50. The molecule has 0 aliphatic rings. The number of ether oxygens (including phenoxy) is 2. The number of aryl methyl sites for hydroxylation is 1. The molecular formula is C17H22N2O2. The molecule has 1 aromatic carbocycles. The van der Waals surface area contributed by atoms with E-state index in [-0.39, 0.29) is 6.04 Å². The molecule has 0 aliphatic heterocycles. The van der Waals surface area contributed by atoms with E-state index in [4.69, 9.17) is 9.47 Å². The summed E-state index contributed by atoms with van der Waals surface area (Å²) in [5.41, 5.74) is 3.28. The van der Waals surface area contributed by atoms with Gasteiger partial charge in [-0.1, -0.05) is 12.1 Å². The van der Waals surface area contributed by atoms with Gasteiger partial charge in [0.15, 0.2) is 0 Å². The van der Waals surface area contributed by atoms with Gasteiger partial charge in [0.05, 0.1) is 19.8 Å². The van der Waals surface area contributed by atoms with Crippen LogP contribution in [0.2, 0.25) is 0 Å². The topological polar surface area (TPSA) is 43.4 Å². The molecule has 0 amide bonds. The Kier molecular flexibility index (Phi) is 5.17. The molecular weight excluding hydrogens is 264 g/mol. The molecule has 0 spiro atoms. The molecule has 0 radical (unpaired) electrons. The summed E-state index contributed by atoms with van der Waals surface area (Å²) >= 11 is 0. The van der Waals surface area contributed by atoms with E-state index in [0.717, 1.165) is 29.2 Å². The Morgan fingerprint density at radius 1 is 1.10 bits per heavy atom. The first-order valence-corrected chi connectivity index (χ1v) is 7.00. The first-order valence-electron chi connectivity index (χ1n) is 7.00. The van der Waals surface area contributed by atoms with Crippen molar-refractivity contribution in [1.82, 2.24) is 10.3 Å². The van der Waals surface area contributed by atoms with Crippen molar-refractivity contribution in [2.45, 2.75) is 19.4 Å². The number of nitrogens with zero attached hydrogens (tertiary/aromatic N) is 1. The number of aromatic nitrogens is 1. The number of pyridine rings is 1. The van der Waals surface area contributed by atoms with Crippen LogP contribution >= 0.6 is 0 Å². The molecule has 0 fully saturated rings.